The first-order valence-electron chi connectivity index (χ1n) is 7.61. The lowest BCUT2D eigenvalue weighted by Gasteiger charge is -2.07. The third kappa shape index (κ3) is 2.99. The summed E-state index contributed by atoms with van der Waals surface area (Å²) < 4.78 is 1.80. The first-order valence-corrected chi connectivity index (χ1v) is 7.61. The topological polar surface area (TPSA) is 55.1 Å². The van der Waals surface area contributed by atoms with Gasteiger partial charge >= 0.3 is 5.97 Å². The van der Waals surface area contributed by atoms with Crippen molar-refractivity contribution in [2.24, 2.45) is 0 Å². The summed E-state index contributed by atoms with van der Waals surface area (Å²) in [6, 6.07) is 10.0. The fraction of sp³-hybridized carbons (Fsp3) is 0.412. The number of aromatic carboxylic acids is 1. The maximum absolute atomic E-state index is 11.1. The summed E-state index contributed by atoms with van der Waals surface area (Å²) in [5.74, 6) is -0.499. The quantitative estimate of drug-likeness (QED) is 0.878. The van der Waals surface area contributed by atoms with E-state index in [9.17, 15) is 4.79 Å². The molecule has 1 aromatic heterocycles. The van der Waals surface area contributed by atoms with Crippen LogP contribution in [-0.4, -0.2) is 20.9 Å². The second kappa shape index (κ2) is 5.72. The second-order valence-corrected chi connectivity index (χ2v) is 5.72. The predicted octanol–water partition coefficient (Wildman–Crippen LogP) is 3.79. The molecule has 1 fully saturated rings. The van der Waals surface area contributed by atoms with Gasteiger partial charge in [0.15, 0.2) is 5.69 Å². The van der Waals surface area contributed by atoms with Crippen molar-refractivity contribution in [2.75, 3.05) is 0 Å². The molecule has 0 radical (unpaired) electrons. The van der Waals surface area contributed by atoms with Crippen LogP contribution in [0.4, 0.5) is 0 Å². The van der Waals surface area contributed by atoms with E-state index in [1.165, 1.54) is 18.4 Å². The van der Waals surface area contributed by atoms with Crippen molar-refractivity contribution in [3.63, 3.8) is 0 Å². The standard InChI is InChI=1S/C17H20N2O2/c1-2-3-4-12-5-9-14(10-6-12)19-16(13-7-8-13)11-15(18-19)17(20)21/h5-6,9-11,13H,2-4,7-8H2,1H3,(H,20,21). The van der Waals surface area contributed by atoms with Gasteiger partial charge < -0.3 is 5.11 Å². The summed E-state index contributed by atoms with van der Waals surface area (Å²) in [5, 5.41) is 13.4. The van der Waals surface area contributed by atoms with Crippen LogP contribution in [0.1, 0.15) is 60.3 Å². The Morgan fingerprint density at radius 3 is 2.62 bits per heavy atom. The zero-order valence-electron chi connectivity index (χ0n) is 12.2. The van der Waals surface area contributed by atoms with Crippen LogP contribution in [0.25, 0.3) is 5.69 Å². The molecule has 1 aliphatic carbocycles. The van der Waals surface area contributed by atoms with Crippen LogP contribution in [0.2, 0.25) is 0 Å². The van der Waals surface area contributed by atoms with Crippen LogP contribution < -0.4 is 0 Å². The minimum absolute atomic E-state index is 0.131. The highest BCUT2D eigenvalue weighted by Crippen LogP contribution is 2.41. The fourth-order valence-electron chi connectivity index (χ4n) is 2.56. The van der Waals surface area contributed by atoms with E-state index in [0.29, 0.717) is 5.92 Å². The summed E-state index contributed by atoms with van der Waals surface area (Å²) in [7, 11) is 0. The van der Waals surface area contributed by atoms with Crippen molar-refractivity contribution in [2.45, 2.75) is 44.9 Å². The van der Waals surface area contributed by atoms with Crippen molar-refractivity contribution in [3.8, 4) is 5.69 Å². The molecule has 4 heteroatoms. The van der Waals surface area contributed by atoms with Crippen molar-refractivity contribution >= 4 is 5.97 Å². The highest BCUT2D eigenvalue weighted by atomic mass is 16.4. The number of hydrogen-bond acceptors (Lipinski definition) is 2. The third-order valence-corrected chi connectivity index (χ3v) is 3.95. The van der Waals surface area contributed by atoms with E-state index in [0.717, 1.165) is 30.6 Å². The molecule has 1 aliphatic rings. The molecule has 0 unspecified atom stereocenters. The molecule has 4 nitrogen and oxygen atoms in total. The van der Waals surface area contributed by atoms with Gasteiger partial charge in [0.05, 0.1) is 5.69 Å². The van der Waals surface area contributed by atoms with Gasteiger partial charge in [-0.05, 0) is 49.4 Å². The zero-order chi connectivity index (χ0) is 14.8. The Kier molecular flexibility index (Phi) is 3.78. The van der Waals surface area contributed by atoms with Crippen LogP contribution >= 0.6 is 0 Å². The number of unbranched alkanes of at least 4 members (excludes halogenated alkanes) is 1. The van der Waals surface area contributed by atoms with E-state index in [2.05, 4.69) is 24.2 Å². The Balaban J connectivity index is 1.90. The van der Waals surface area contributed by atoms with Crippen LogP contribution in [0, 0.1) is 0 Å². The van der Waals surface area contributed by atoms with Crippen molar-refractivity contribution < 1.29 is 9.90 Å². The number of rotatable bonds is 6. The van der Waals surface area contributed by atoms with Crippen LogP contribution in [-0.2, 0) is 6.42 Å². The minimum atomic E-state index is -0.963. The lowest BCUT2D eigenvalue weighted by molar-refractivity contribution is 0.0690. The van der Waals surface area contributed by atoms with Gasteiger partial charge in [-0.25, -0.2) is 9.48 Å². The molecule has 3 rings (SSSR count). The Morgan fingerprint density at radius 2 is 2.05 bits per heavy atom. The SMILES string of the molecule is CCCCc1ccc(-n2nc(C(=O)O)cc2C2CC2)cc1. The molecule has 1 saturated carbocycles. The van der Waals surface area contributed by atoms with E-state index in [4.69, 9.17) is 5.11 Å². The lowest BCUT2D eigenvalue weighted by atomic mass is 10.1. The van der Waals surface area contributed by atoms with E-state index < -0.39 is 5.97 Å². The molecule has 0 atom stereocenters. The number of aryl methyl sites for hydroxylation is 1. The van der Waals surface area contributed by atoms with Gasteiger partial charge in [0.1, 0.15) is 0 Å². The summed E-state index contributed by atoms with van der Waals surface area (Å²) in [6.45, 7) is 2.19. The average molecular weight is 284 g/mol. The second-order valence-electron chi connectivity index (χ2n) is 5.72. The zero-order valence-corrected chi connectivity index (χ0v) is 12.2. The van der Waals surface area contributed by atoms with Crippen LogP contribution in [0.5, 0.6) is 0 Å². The van der Waals surface area contributed by atoms with Crippen LogP contribution in [0.3, 0.4) is 0 Å². The van der Waals surface area contributed by atoms with E-state index >= 15 is 0 Å². The molecule has 1 heterocycles. The Labute approximate surface area is 124 Å². The smallest absolute Gasteiger partial charge is 0.356 e. The van der Waals surface area contributed by atoms with Crippen molar-refractivity contribution in [1.29, 1.82) is 0 Å². The summed E-state index contributed by atoms with van der Waals surface area (Å²) >= 11 is 0. The average Bonchev–Trinajstić information content (AvgIpc) is 3.24. The lowest BCUT2D eigenvalue weighted by Crippen LogP contribution is -2.03. The Bertz CT molecular complexity index is 639. The predicted molar refractivity (Wildman–Crippen MR) is 81.1 cm³/mol. The van der Waals surface area contributed by atoms with Crippen molar-refractivity contribution in [3.05, 3.63) is 47.3 Å². The molecule has 21 heavy (non-hydrogen) atoms. The third-order valence-electron chi connectivity index (χ3n) is 3.95. The van der Waals surface area contributed by atoms with Gasteiger partial charge in [0, 0.05) is 11.6 Å². The highest BCUT2D eigenvalue weighted by molar-refractivity contribution is 5.85. The molecule has 0 spiro atoms. The molecule has 0 amide bonds. The molecule has 1 aromatic carbocycles. The van der Waals surface area contributed by atoms with E-state index in [-0.39, 0.29) is 5.69 Å². The van der Waals surface area contributed by atoms with E-state index in [1.54, 1.807) is 10.7 Å². The van der Waals surface area contributed by atoms with Crippen molar-refractivity contribution in [1.82, 2.24) is 9.78 Å². The Hall–Kier alpha value is -2.10. The highest BCUT2D eigenvalue weighted by Gasteiger charge is 2.29. The minimum Gasteiger partial charge on any atom is -0.476 e. The number of benzene rings is 1. The first-order chi connectivity index (χ1) is 10.2. The molecular weight excluding hydrogens is 264 g/mol. The first kappa shape index (κ1) is 13.9. The summed E-state index contributed by atoms with van der Waals surface area (Å²) in [6.07, 6.45) is 5.72. The summed E-state index contributed by atoms with van der Waals surface area (Å²) in [4.78, 5) is 11.1. The van der Waals surface area contributed by atoms with Gasteiger partial charge in [-0.2, -0.15) is 5.10 Å². The van der Waals surface area contributed by atoms with Gasteiger partial charge in [-0.1, -0.05) is 25.5 Å². The molecule has 0 saturated heterocycles. The molecule has 2 aromatic rings. The Morgan fingerprint density at radius 1 is 1.33 bits per heavy atom. The van der Waals surface area contributed by atoms with Crippen LogP contribution in [0.15, 0.2) is 30.3 Å². The number of carbonyl (C=O) groups is 1. The molecule has 0 bridgehead atoms. The largest absolute Gasteiger partial charge is 0.476 e. The molecule has 1 N–H and O–H groups in total. The van der Waals surface area contributed by atoms with Gasteiger partial charge in [0.25, 0.3) is 0 Å². The van der Waals surface area contributed by atoms with Gasteiger partial charge in [-0.15, -0.1) is 0 Å². The monoisotopic (exact) mass is 284 g/mol. The molecular formula is C17H20N2O2. The van der Waals surface area contributed by atoms with E-state index in [1.807, 2.05) is 12.1 Å². The number of carboxylic acid groups (broad SMARTS) is 1. The maximum Gasteiger partial charge on any atom is 0.356 e. The normalized spacial score (nSPS) is 14.3. The van der Waals surface area contributed by atoms with Gasteiger partial charge in [-0.3, -0.25) is 0 Å². The fourth-order valence-corrected chi connectivity index (χ4v) is 2.56. The molecule has 0 aliphatic heterocycles. The number of nitrogens with zero attached hydrogens (tertiary/aromatic N) is 2. The maximum atomic E-state index is 11.1. The number of carboxylic acids is 1. The number of hydrogen-bond donors (Lipinski definition) is 1. The summed E-state index contributed by atoms with van der Waals surface area (Å²) in [5.41, 5.74) is 3.42. The van der Waals surface area contributed by atoms with Gasteiger partial charge in [0.2, 0.25) is 0 Å². The number of aromatic nitrogens is 2. The molecule has 110 valence electrons.